The van der Waals surface area contributed by atoms with Crippen LogP contribution in [0.2, 0.25) is 0 Å². The molecule has 0 bridgehead atoms. The van der Waals surface area contributed by atoms with E-state index in [2.05, 4.69) is 36.8 Å². The quantitative estimate of drug-likeness (QED) is 0.804. The number of hydrogen-bond acceptors (Lipinski definition) is 6. The average Bonchev–Trinajstić information content (AvgIpc) is 3.15. The van der Waals surface area contributed by atoms with E-state index < -0.39 is 0 Å². The van der Waals surface area contributed by atoms with Gasteiger partial charge in [0.25, 0.3) is 0 Å². The lowest BCUT2D eigenvalue weighted by Crippen LogP contribution is -2.44. The summed E-state index contributed by atoms with van der Waals surface area (Å²) in [5, 5.41) is 0. The molecule has 3 aliphatic heterocycles. The van der Waals surface area contributed by atoms with Gasteiger partial charge in [-0.05, 0) is 30.1 Å². The number of aliphatic imine (C=N–C) groups is 1. The fourth-order valence-corrected chi connectivity index (χ4v) is 5.20. The third kappa shape index (κ3) is 2.61. The first kappa shape index (κ1) is 15.8. The summed E-state index contributed by atoms with van der Waals surface area (Å²) in [6.07, 6.45) is 13.9. The first-order valence-corrected chi connectivity index (χ1v) is 10.4. The standard InChI is InChI=1S/C21H26N6/c1-3-17(4-1)25-8-5-20-24-18-11-15-13-26(21-22-6-2-7-23-21)14-16(15)12-19(18)27(20)10-9-25/h2,6-7,11-12,17-19H,1,3-5,8-10,13-14H2. The van der Waals surface area contributed by atoms with Gasteiger partial charge in [0.2, 0.25) is 5.95 Å². The average molecular weight is 362 g/mol. The minimum atomic E-state index is 0.297. The Hall–Kier alpha value is -2.21. The molecule has 0 amide bonds. The normalized spacial score (nSPS) is 30.6. The van der Waals surface area contributed by atoms with Gasteiger partial charge < -0.3 is 9.80 Å². The molecule has 0 aromatic carbocycles. The number of fused-ring (bicyclic) bond motifs is 4. The van der Waals surface area contributed by atoms with Crippen LogP contribution in [0.15, 0.2) is 46.8 Å². The topological polar surface area (TPSA) is 47.9 Å². The zero-order valence-corrected chi connectivity index (χ0v) is 15.7. The van der Waals surface area contributed by atoms with Gasteiger partial charge in [-0.15, -0.1) is 0 Å². The lowest BCUT2D eigenvalue weighted by atomic mass is 9.91. The van der Waals surface area contributed by atoms with Crippen LogP contribution in [0.3, 0.4) is 0 Å². The van der Waals surface area contributed by atoms with E-state index in [9.17, 15) is 0 Å². The Morgan fingerprint density at radius 3 is 2.52 bits per heavy atom. The zero-order valence-electron chi connectivity index (χ0n) is 15.7. The molecule has 4 heterocycles. The molecule has 2 aliphatic carbocycles. The molecule has 2 saturated heterocycles. The fraction of sp³-hybridized carbons (Fsp3) is 0.571. The molecule has 2 atom stereocenters. The maximum absolute atomic E-state index is 5.13. The summed E-state index contributed by atoms with van der Waals surface area (Å²) in [6, 6.07) is 3.42. The second kappa shape index (κ2) is 6.16. The summed E-state index contributed by atoms with van der Waals surface area (Å²) in [6.45, 7) is 5.31. The lowest BCUT2D eigenvalue weighted by molar-refractivity contribution is 0.129. The predicted molar refractivity (Wildman–Crippen MR) is 106 cm³/mol. The summed E-state index contributed by atoms with van der Waals surface area (Å²) in [7, 11) is 0. The molecular formula is C21H26N6. The molecule has 6 nitrogen and oxygen atoms in total. The van der Waals surface area contributed by atoms with Gasteiger partial charge in [-0.1, -0.05) is 18.6 Å². The van der Waals surface area contributed by atoms with Crippen molar-refractivity contribution in [2.45, 2.75) is 43.8 Å². The largest absolute Gasteiger partial charge is 0.350 e. The van der Waals surface area contributed by atoms with E-state index in [1.54, 1.807) is 0 Å². The third-order valence-electron chi connectivity index (χ3n) is 6.90. The van der Waals surface area contributed by atoms with Crippen molar-refractivity contribution in [2.75, 3.05) is 37.6 Å². The minimum absolute atomic E-state index is 0.297. The second-order valence-electron chi connectivity index (χ2n) is 8.38. The fourth-order valence-electron chi connectivity index (χ4n) is 5.20. The number of aromatic nitrogens is 2. The summed E-state index contributed by atoms with van der Waals surface area (Å²) >= 11 is 0. The van der Waals surface area contributed by atoms with Gasteiger partial charge in [0.1, 0.15) is 5.84 Å². The van der Waals surface area contributed by atoms with E-state index in [-0.39, 0.29) is 0 Å². The molecule has 1 aromatic rings. The van der Waals surface area contributed by atoms with E-state index >= 15 is 0 Å². The Morgan fingerprint density at radius 2 is 1.74 bits per heavy atom. The Balaban J connectivity index is 1.22. The van der Waals surface area contributed by atoms with Crippen molar-refractivity contribution in [2.24, 2.45) is 4.99 Å². The Bertz CT molecular complexity index is 824. The SMILES string of the molecule is C1=C2CN(c3ncccn3)CC2=CC2C1N=C1CCN(C3CCC3)CCN12. The molecule has 2 unspecified atom stereocenters. The van der Waals surface area contributed by atoms with Crippen molar-refractivity contribution >= 4 is 11.8 Å². The van der Waals surface area contributed by atoms with Crippen LogP contribution in [0.25, 0.3) is 0 Å². The molecule has 0 radical (unpaired) electrons. The molecule has 5 aliphatic rings. The number of rotatable bonds is 2. The Labute approximate surface area is 160 Å². The third-order valence-corrected chi connectivity index (χ3v) is 6.90. The first-order chi connectivity index (χ1) is 13.3. The predicted octanol–water partition coefficient (Wildman–Crippen LogP) is 1.87. The maximum Gasteiger partial charge on any atom is 0.225 e. The molecule has 0 spiro atoms. The van der Waals surface area contributed by atoms with Crippen LogP contribution in [0, 0.1) is 0 Å². The molecule has 0 N–H and O–H groups in total. The molecule has 6 heteroatoms. The highest BCUT2D eigenvalue weighted by molar-refractivity contribution is 5.86. The van der Waals surface area contributed by atoms with Gasteiger partial charge >= 0.3 is 0 Å². The highest BCUT2D eigenvalue weighted by Crippen LogP contribution is 2.36. The van der Waals surface area contributed by atoms with E-state index in [0.29, 0.717) is 12.1 Å². The minimum Gasteiger partial charge on any atom is -0.350 e. The van der Waals surface area contributed by atoms with E-state index in [4.69, 9.17) is 4.99 Å². The smallest absolute Gasteiger partial charge is 0.225 e. The van der Waals surface area contributed by atoms with Crippen LogP contribution in [0.4, 0.5) is 5.95 Å². The van der Waals surface area contributed by atoms with Crippen molar-refractivity contribution in [1.29, 1.82) is 0 Å². The van der Waals surface area contributed by atoms with Crippen molar-refractivity contribution in [3.63, 3.8) is 0 Å². The van der Waals surface area contributed by atoms with Crippen molar-refractivity contribution in [1.82, 2.24) is 19.8 Å². The van der Waals surface area contributed by atoms with E-state index in [1.165, 1.54) is 49.3 Å². The van der Waals surface area contributed by atoms with Gasteiger partial charge in [-0.3, -0.25) is 9.89 Å². The van der Waals surface area contributed by atoms with Crippen molar-refractivity contribution in [3.8, 4) is 0 Å². The van der Waals surface area contributed by atoms with E-state index in [1.807, 2.05) is 18.5 Å². The number of hydrogen-bond donors (Lipinski definition) is 0. The molecule has 1 aromatic heterocycles. The van der Waals surface area contributed by atoms with Crippen LogP contribution < -0.4 is 4.90 Å². The molecular weight excluding hydrogens is 336 g/mol. The first-order valence-electron chi connectivity index (χ1n) is 10.4. The van der Waals surface area contributed by atoms with E-state index in [0.717, 1.165) is 38.0 Å². The van der Waals surface area contributed by atoms with Gasteiger partial charge in [0.05, 0.1) is 12.1 Å². The summed E-state index contributed by atoms with van der Waals surface area (Å²) in [4.78, 5) is 21.5. The number of amidine groups is 1. The summed E-state index contributed by atoms with van der Waals surface area (Å²) in [5.41, 5.74) is 2.86. The highest BCUT2D eigenvalue weighted by Gasteiger charge is 2.40. The number of anilines is 1. The maximum atomic E-state index is 5.13. The monoisotopic (exact) mass is 362 g/mol. The summed E-state index contributed by atoms with van der Waals surface area (Å²) in [5.74, 6) is 2.16. The van der Waals surface area contributed by atoms with Crippen LogP contribution in [-0.4, -0.2) is 76.5 Å². The molecule has 6 rings (SSSR count). The molecule has 3 fully saturated rings. The Morgan fingerprint density at radius 1 is 0.926 bits per heavy atom. The highest BCUT2D eigenvalue weighted by atomic mass is 15.3. The second-order valence-corrected chi connectivity index (χ2v) is 8.38. The molecule has 1 saturated carbocycles. The summed E-state index contributed by atoms with van der Waals surface area (Å²) < 4.78 is 0. The molecule has 27 heavy (non-hydrogen) atoms. The van der Waals surface area contributed by atoms with Crippen LogP contribution in [0.5, 0.6) is 0 Å². The lowest BCUT2D eigenvalue weighted by Gasteiger charge is -2.37. The van der Waals surface area contributed by atoms with Crippen LogP contribution in [0.1, 0.15) is 25.7 Å². The Kier molecular flexibility index (Phi) is 3.61. The van der Waals surface area contributed by atoms with Gasteiger partial charge in [-0.2, -0.15) is 0 Å². The van der Waals surface area contributed by atoms with Crippen LogP contribution >= 0.6 is 0 Å². The van der Waals surface area contributed by atoms with Gasteiger partial charge in [0, 0.05) is 57.6 Å². The van der Waals surface area contributed by atoms with Crippen molar-refractivity contribution in [3.05, 3.63) is 41.8 Å². The van der Waals surface area contributed by atoms with Crippen molar-refractivity contribution < 1.29 is 0 Å². The van der Waals surface area contributed by atoms with Crippen LogP contribution in [-0.2, 0) is 0 Å². The van der Waals surface area contributed by atoms with Gasteiger partial charge in [-0.25, -0.2) is 9.97 Å². The van der Waals surface area contributed by atoms with Gasteiger partial charge in [0.15, 0.2) is 0 Å². The molecule has 140 valence electrons. The zero-order chi connectivity index (χ0) is 17.8. The number of nitrogens with zero attached hydrogens (tertiary/aromatic N) is 6.